The summed E-state index contributed by atoms with van der Waals surface area (Å²) >= 11 is 10.4. The molecule has 196 valence electrons. The minimum Gasteiger partial charge on any atom is -0.493 e. The van der Waals surface area contributed by atoms with Gasteiger partial charge in [-0.15, -0.1) is 0 Å². The van der Waals surface area contributed by atoms with Crippen molar-refractivity contribution >= 4 is 62.5 Å². The van der Waals surface area contributed by atoms with E-state index in [1.807, 2.05) is 32.0 Å². The zero-order valence-electron chi connectivity index (χ0n) is 20.7. The lowest BCUT2D eigenvalue weighted by atomic mass is 10.1. The number of thioether (sulfide) groups is 1. The Morgan fingerprint density at radius 3 is 2.58 bits per heavy atom. The number of halogens is 2. The van der Waals surface area contributed by atoms with Crippen molar-refractivity contribution in [1.82, 2.24) is 4.90 Å². The smallest absolute Gasteiger partial charge is 0.345 e. The summed E-state index contributed by atoms with van der Waals surface area (Å²) in [5.41, 5.74) is 2.82. The van der Waals surface area contributed by atoms with Gasteiger partial charge in [-0.25, -0.2) is 4.79 Å². The Morgan fingerprint density at radius 2 is 1.84 bits per heavy atom. The molecule has 10 heteroatoms. The van der Waals surface area contributed by atoms with E-state index in [-0.39, 0.29) is 45.4 Å². The van der Waals surface area contributed by atoms with Crippen LogP contribution in [-0.4, -0.2) is 42.3 Å². The van der Waals surface area contributed by atoms with Crippen LogP contribution in [0.5, 0.6) is 17.2 Å². The Morgan fingerprint density at radius 1 is 1.08 bits per heavy atom. The predicted octanol–water partition coefficient (Wildman–Crippen LogP) is 7.06. The number of esters is 1. The Labute approximate surface area is 237 Å². The first-order valence-corrected chi connectivity index (χ1v) is 13.5. The van der Waals surface area contributed by atoms with Crippen molar-refractivity contribution in [2.24, 2.45) is 0 Å². The largest absolute Gasteiger partial charge is 0.493 e. The van der Waals surface area contributed by atoms with E-state index in [9.17, 15) is 14.4 Å². The zero-order valence-corrected chi connectivity index (χ0v) is 23.9. The lowest BCUT2D eigenvalue weighted by Crippen LogP contribution is -2.32. The van der Waals surface area contributed by atoms with Crippen LogP contribution in [-0.2, 0) is 4.79 Å². The number of amides is 2. The van der Waals surface area contributed by atoms with Gasteiger partial charge in [-0.1, -0.05) is 35.9 Å². The van der Waals surface area contributed by atoms with Crippen molar-refractivity contribution < 1.29 is 28.6 Å². The van der Waals surface area contributed by atoms with Gasteiger partial charge in [0.25, 0.3) is 11.1 Å². The molecular weight excluding hydrogens is 594 g/mol. The second kappa shape index (κ2) is 12.1. The summed E-state index contributed by atoms with van der Waals surface area (Å²) in [6.07, 6.45) is 1.59. The van der Waals surface area contributed by atoms with Crippen LogP contribution < -0.4 is 14.2 Å². The van der Waals surface area contributed by atoms with Gasteiger partial charge in [0.15, 0.2) is 11.5 Å². The van der Waals surface area contributed by atoms with E-state index < -0.39 is 11.9 Å². The Bertz CT molecular complexity index is 1460. The summed E-state index contributed by atoms with van der Waals surface area (Å²) in [5.74, 6) is 0.0821. The average Bonchev–Trinajstić information content (AvgIpc) is 3.14. The highest BCUT2D eigenvalue weighted by molar-refractivity contribution is 9.10. The fourth-order valence-corrected chi connectivity index (χ4v) is 5.27. The van der Waals surface area contributed by atoms with Crippen LogP contribution >= 0.6 is 39.3 Å². The minimum atomic E-state index is -0.647. The van der Waals surface area contributed by atoms with Gasteiger partial charge in [-0.05, 0) is 94.6 Å². The van der Waals surface area contributed by atoms with Crippen molar-refractivity contribution in [3.05, 3.63) is 91.3 Å². The third-order valence-electron chi connectivity index (χ3n) is 5.63. The molecule has 0 spiro atoms. The van der Waals surface area contributed by atoms with Gasteiger partial charge in [-0.2, -0.15) is 0 Å². The monoisotopic (exact) mass is 615 g/mol. The van der Waals surface area contributed by atoms with Gasteiger partial charge < -0.3 is 14.2 Å². The molecule has 0 unspecified atom stereocenters. The van der Waals surface area contributed by atoms with E-state index in [4.69, 9.17) is 25.8 Å². The Balaban J connectivity index is 1.48. The number of methoxy groups -OCH3 is 1. The molecule has 3 aromatic carbocycles. The second-order valence-electron chi connectivity index (χ2n) is 8.35. The SMILES string of the molecule is COc1cc(/C=C2\SC(=O)N(CCOc3cc(C)ccc3C)C2=O)cc(Br)c1OC(=O)c1ccccc1Cl. The maximum Gasteiger partial charge on any atom is 0.345 e. The summed E-state index contributed by atoms with van der Waals surface area (Å²) in [6.45, 7) is 4.21. The molecule has 1 heterocycles. The van der Waals surface area contributed by atoms with Crippen LogP contribution in [0.3, 0.4) is 0 Å². The molecule has 0 radical (unpaired) electrons. The van der Waals surface area contributed by atoms with Crippen molar-refractivity contribution in [2.45, 2.75) is 13.8 Å². The van der Waals surface area contributed by atoms with E-state index in [1.165, 1.54) is 7.11 Å². The first kappa shape index (κ1) is 27.8. The molecule has 3 aromatic rings. The number of aryl methyl sites for hydroxylation is 2. The number of carbonyl (C=O) groups is 3. The summed E-state index contributed by atoms with van der Waals surface area (Å²) in [7, 11) is 1.43. The highest BCUT2D eigenvalue weighted by Gasteiger charge is 2.35. The Hall–Kier alpha value is -3.27. The molecule has 2 amide bonds. The van der Waals surface area contributed by atoms with Gasteiger partial charge in [0.1, 0.15) is 12.4 Å². The molecule has 1 aliphatic heterocycles. The maximum atomic E-state index is 13.0. The molecule has 0 bridgehead atoms. The summed E-state index contributed by atoms with van der Waals surface area (Å²) in [6, 6.07) is 15.7. The van der Waals surface area contributed by atoms with Crippen LogP contribution in [0.2, 0.25) is 5.02 Å². The van der Waals surface area contributed by atoms with Crippen molar-refractivity contribution in [3.8, 4) is 17.2 Å². The molecule has 1 fully saturated rings. The molecule has 0 atom stereocenters. The number of hydrogen-bond donors (Lipinski definition) is 0. The summed E-state index contributed by atoms with van der Waals surface area (Å²) < 4.78 is 17.2. The van der Waals surface area contributed by atoms with E-state index in [0.29, 0.717) is 10.0 Å². The molecule has 1 aliphatic rings. The lowest BCUT2D eigenvalue weighted by molar-refractivity contribution is -0.123. The standard InChI is InChI=1S/C28H23BrClNO6S/c1-16-8-9-17(2)22(12-16)36-11-10-31-26(32)24(38-28(31)34)15-18-13-20(29)25(23(14-18)35-3)37-27(33)19-6-4-5-7-21(19)30/h4-9,12-15H,10-11H2,1-3H3/b24-15-. The first-order chi connectivity index (χ1) is 18.2. The van der Waals surface area contributed by atoms with Crippen LogP contribution in [0.15, 0.2) is 64.0 Å². The van der Waals surface area contributed by atoms with Crippen molar-refractivity contribution in [2.75, 3.05) is 20.3 Å². The average molecular weight is 617 g/mol. The quantitative estimate of drug-likeness (QED) is 0.152. The van der Waals surface area contributed by atoms with Gasteiger partial charge >= 0.3 is 5.97 Å². The van der Waals surface area contributed by atoms with E-state index in [2.05, 4.69) is 15.9 Å². The third kappa shape index (κ3) is 6.23. The van der Waals surface area contributed by atoms with Gasteiger partial charge in [0.05, 0.1) is 33.6 Å². The van der Waals surface area contributed by atoms with Crippen LogP contribution in [0.1, 0.15) is 27.0 Å². The van der Waals surface area contributed by atoms with Crippen molar-refractivity contribution in [1.29, 1.82) is 0 Å². The molecule has 4 rings (SSSR count). The van der Waals surface area contributed by atoms with Crippen LogP contribution in [0, 0.1) is 13.8 Å². The molecule has 0 saturated carbocycles. The predicted molar refractivity (Wildman–Crippen MR) is 151 cm³/mol. The number of ether oxygens (including phenoxy) is 3. The highest BCUT2D eigenvalue weighted by atomic mass is 79.9. The summed E-state index contributed by atoms with van der Waals surface area (Å²) in [4.78, 5) is 39.6. The maximum absolute atomic E-state index is 13.0. The number of rotatable bonds is 8. The second-order valence-corrected chi connectivity index (χ2v) is 10.6. The van der Waals surface area contributed by atoms with Gasteiger partial charge in [0.2, 0.25) is 0 Å². The molecule has 0 aliphatic carbocycles. The third-order valence-corrected chi connectivity index (χ3v) is 7.45. The topological polar surface area (TPSA) is 82.1 Å². The fourth-order valence-electron chi connectivity index (χ4n) is 3.65. The van der Waals surface area contributed by atoms with Gasteiger partial charge in [0, 0.05) is 0 Å². The van der Waals surface area contributed by atoms with Gasteiger partial charge in [-0.3, -0.25) is 14.5 Å². The number of carbonyl (C=O) groups excluding carboxylic acids is 3. The number of hydrogen-bond acceptors (Lipinski definition) is 7. The zero-order chi connectivity index (χ0) is 27.4. The normalized spacial score (nSPS) is 14.2. The lowest BCUT2D eigenvalue weighted by Gasteiger charge is -2.15. The number of benzene rings is 3. The number of imide groups is 1. The van der Waals surface area contributed by atoms with E-state index in [0.717, 1.165) is 33.5 Å². The molecular formula is C28H23BrClNO6S. The number of nitrogens with zero attached hydrogens (tertiary/aromatic N) is 1. The minimum absolute atomic E-state index is 0.124. The van der Waals surface area contributed by atoms with E-state index >= 15 is 0 Å². The molecule has 38 heavy (non-hydrogen) atoms. The molecule has 0 N–H and O–H groups in total. The molecule has 7 nitrogen and oxygen atoms in total. The highest BCUT2D eigenvalue weighted by Crippen LogP contribution is 2.39. The fraction of sp³-hybridized carbons (Fsp3) is 0.179. The molecule has 0 aromatic heterocycles. The first-order valence-electron chi connectivity index (χ1n) is 11.5. The van der Waals surface area contributed by atoms with E-state index in [1.54, 1.807) is 42.5 Å². The van der Waals surface area contributed by atoms with Crippen LogP contribution in [0.25, 0.3) is 6.08 Å². The van der Waals surface area contributed by atoms with Crippen LogP contribution in [0.4, 0.5) is 4.79 Å². The summed E-state index contributed by atoms with van der Waals surface area (Å²) in [5, 5.41) is -0.110. The van der Waals surface area contributed by atoms with Crippen molar-refractivity contribution in [3.63, 3.8) is 0 Å². The Kier molecular flexibility index (Phi) is 8.81. The molecule has 1 saturated heterocycles.